The first-order chi connectivity index (χ1) is 17.7. The Morgan fingerprint density at radius 3 is 2.73 bits per heavy atom. The van der Waals surface area contributed by atoms with E-state index in [2.05, 4.69) is 25.1 Å². The Bertz CT molecular complexity index is 1340. The molecule has 2 unspecified atom stereocenters. The van der Waals surface area contributed by atoms with Crippen molar-refractivity contribution in [3.05, 3.63) is 83.0 Å². The Balaban J connectivity index is 1.73. The van der Waals surface area contributed by atoms with E-state index in [0.717, 1.165) is 4.57 Å². The van der Waals surface area contributed by atoms with Crippen LogP contribution in [-0.2, 0) is 13.8 Å². The van der Waals surface area contributed by atoms with Crippen LogP contribution >= 0.6 is 19.3 Å². The molecule has 37 heavy (non-hydrogen) atoms. The normalized spacial score (nSPS) is 20.4. The van der Waals surface area contributed by atoms with Crippen LogP contribution in [0.25, 0.3) is 20.9 Å². The maximum atomic E-state index is 13.7. The van der Waals surface area contributed by atoms with Crippen molar-refractivity contribution in [3.63, 3.8) is 0 Å². The van der Waals surface area contributed by atoms with Crippen LogP contribution in [0.3, 0.4) is 0 Å². The summed E-state index contributed by atoms with van der Waals surface area (Å²) in [5.74, 6) is -1.00. The molecule has 0 saturated carbocycles. The molecule has 1 saturated heterocycles. The molecule has 3 rings (SSSR count). The van der Waals surface area contributed by atoms with Crippen molar-refractivity contribution < 1.29 is 22.7 Å². The van der Waals surface area contributed by atoms with E-state index < -0.39 is 49.8 Å². The summed E-state index contributed by atoms with van der Waals surface area (Å²) >= 11 is 5.88. The fraction of sp³-hybridized carbons (Fsp3) is 0.474. The number of azide groups is 2. The van der Waals surface area contributed by atoms with Crippen LogP contribution < -0.4 is 20.9 Å². The summed E-state index contributed by atoms with van der Waals surface area (Å²) in [4.78, 5) is 30.7. The molecule has 1 aromatic heterocycles. The summed E-state index contributed by atoms with van der Waals surface area (Å²) in [5, 5.41) is 10.2. The largest absolute Gasteiger partial charge is 0.458 e. The Morgan fingerprint density at radius 2 is 2.03 bits per heavy atom. The third kappa shape index (κ3) is 8.07. The number of hydrogen-bond acceptors (Lipinski definition) is 8. The van der Waals surface area contributed by atoms with Crippen molar-refractivity contribution in [2.24, 2.45) is 10.2 Å². The molecular weight excluding hydrogens is 536 g/mol. The first-order valence-corrected chi connectivity index (χ1v) is 12.8. The average molecular weight is 558 g/mol. The van der Waals surface area contributed by atoms with Crippen LogP contribution in [0.5, 0.6) is 5.75 Å². The molecule has 1 aliphatic rings. The van der Waals surface area contributed by atoms with Crippen molar-refractivity contribution >= 4 is 19.3 Å². The summed E-state index contributed by atoms with van der Waals surface area (Å²) in [6.45, 7) is 0.0560. The Hall–Kier alpha value is -3.35. The quantitative estimate of drug-likeness (QED) is 0.120. The lowest BCUT2D eigenvalue weighted by molar-refractivity contribution is -0.0244. The van der Waals surface area contributed by atoms with Crippen LogP contribution in [0.4, 0.5) is 4.39 Å². The molecule has 18 heteroatoms. The second-order valence-electron chi connectivity index (χ2n) is 7.69. The summed E-state index contributed by atoms with van der Waals surface area (Å²) < 4.78 is 45.0. The predicted molar refractivity (Wildman–Crippen MR) is 130 cm³/mol. The van der Waals surface area contributed by atoms with Crippen molar-refractivity contribution in [2.75, 3.05) is 19.7 Å². The molecule has 15 nitrogen and oxygen atoms in total. The van der Waals surface area contributed by atoms with E-state index in [9.17, 15) is 18.5 Å². The molecule has 0 aliphatic carbocycles. The van der Waals surface area contributed by atoms with E-state index in [1.165, 1.54) is 24.3 Å². The number of unbranched alkanes of at least 4 members (excludes halogenated alkanes) is 1. The zero-order valence-corrected chi connectivity index (χ0v) is 20.8. The molecule has 4 atom stereocenters. The molecule has 0 radical (unpaired) electrons. The average Bonchev–Trinajstić information content (AvgIpc) is 3.26. The van der Waals surface area contributed by atoms with Gasteiger partial charge in [0.2, 0.25) is 5.82 Å². The number of hydrogen-bond donors (Lipinski definition) is 2. The standard InChI is InChI=1S/C19H22ClFN9O6P/c20-12-3-5-13(6-4-12)36-37(33,25-8-2-1-7-24-28-22)34-11-16-15(27-29-23)9-17(35-16)30-10-14(21)18(31)26-19(30)32/h3-6,10,15-17H,1-2,7-9,11H2,(H,25,33)(H,26,31,32)/t15?,16-,17-,37?/m1/s1. The van der Waals surface area contributed by atoms with E-state index in [1.807, 2.05) is 4.98 Å². The first-order valence-electron chi connectivity index (χ1n) is 10.9. The SMILES string of the molecule is [N-]=[N+]=NCCCCNP(=O)(OC[C@H]1O[C@@H](n2cc(F)c(=O)[nH]c2=O)CC1N=[N+]=[N-])Oc1ccc(Cl)cc1. The van der Waals surface area contributed by atoms with Crippen LogP contribution in [0, 0.1) is 5.82 Å². The van der Waals surface area contributed by atoms with Gasteiger partial charge in [0.15, 0.2) is 0 Å². The number of nitrogens with one attached hydrogen (secondary N) is 2. The second kappa shape index (κ2) is 13.3. The highest BCUT2D eigenvalue weighted by Gasteiger charge is 2.39. The van der Waals surface area contributed by atoms with E-state index in [1.54, 1.807) is 0 Å². The molecule has 198 valence electrons. The van der Waals surface area contributed by atoms with Gasteiger partial charge in [-0.15, -0.1) is 0 Å². The molecular formula is C19H22ClFN9O6P. The molecule has 2 N–H and O–H groups in total. The zero-order valence-electron chi connectivity index (χ0n) is 19.1. The van der Waals surface area contributed by atoms with Gasteiger partial charge < -0.3 is 9.26 Å². The highest BCUT2D eigenvalue weighted by Crippen LogP contribution is 2.45. The van der Waals surface area contributed by atoms with Crippen LogP contribution in [0.15, 0.2) is 50.3 Å². The van der Waals surface area contributed by atoms with E-state index in [0.29, 0.717) is 24.1 Å². The molecule has 1 aliphatic heterocycles. The summed E-state index contributed by atoms with van der Waals surface area (Å²) in [5.41, 5.74) is 15.2. The van der Waals surface area contributed by atoms with Crippen molar-refractivity contribution in [1.82, 2.24) is 14.6 Å². The van der Waals surface area contributed by atoms with Crippen LogP contribution in [-0.4, -0.2) is 41.4 Å². The van der Waals surface area contributed by atoms with Gasteiger partial charge >= 0.3 is 13.4 Å². The molecule has 1 fully saturated rings. The minimum absolute atomic E-state index is 0.0430. The topological polar surface area (TPSA) is 209 Å². The van der Waals surface area contributed by atoms with Crippen LogP contribution in [0.2, 0.25) is 5.02 Å². The van der Waals surface area contributed by atoms with Gasteiger partial charge in [-0.2, -0.15) is 4.39 Å². The molecule has 2 aromatic rings. The third-order valence-electron chi connectivity index (χ3n) is 5.14. The summed E-state index contributed by atoms with van der Waals surface area (Å²) in [6.07, 6.45) is -0.423. The Kier molecular flexibility index (Phi) is 10.1. The Labute approximate surface area is 213 Å². The highest BCUT2D eigenvalue weighted by atomic mass is 35.5. The fourth-order valence-corrected chi connectivity index (χ4v) is 4.89. The number of nitrogens with zero attached hydrogens (tertiary/aromatic N) is 7. The van der Waals surface area contributed by atoms with Gasteiger partial charge in [-0.25, -0.2) is 14.4 Å². The Morgan fingerprint density at radius 1 is 1.27 bits per heavy atom. The maximum Gasteiger partial charge on any atom is 0.458 e. The lowest BCUT2D eigenvalue weighted by Crippen LogP contribution is -2.34. The molecule has 0 bridgehead atoms. The minimum atomic E-state index is -4.01. The lowest BCUT2D eigenvalue weighted by atomic mass is 10.1. The maximum absolute atomic E-state index is 13.7. The number of benzene rings is 1. The van der Waals surface area contributed by atoms with Gasteiger partial charge in [0.1, 0.15) is 12.0 Å². The molecule has 2 heterocycles. The molecule has 1 aromatic carbocycles. The minimum Gasteiger partial charge on any atom is -0.413 e. The number of ether oxygens (including phenoxy) is 1. The highest BCUT2D eigenvalue weighted by molar-refractivity contribution is 7.52. The van der Waals surface area contributed by atoms with Crippen LogP contribution in [0.1, 0.15) is 25.5 Å². The van der Waals surface area contributed by atoms with Gasteiger partial charge in [0.25, 0.3) is 5.56 Å². The van der Waals surface area contributed by atoms with Gasteiger partial charge in [-0.3, -0.25) is 18.9 Å². The van der Waals surface area contributed by atoms with E-state index in [4.69, 9.17) is 36.4 Å². The summed E-state index contributed by atoms with van der Waals surface area (Å²) in [7, 11) is -4.01. The fourth-order valence-electron chi connectivity index (χ4n) is 3.38. The van der Waals surface area contributed by atoms with Crippen molar-refractivity contribution in [3.8, 4) is 5.75 Å². The van der Waals surface area contributed by atoms with Gasteiger partial charge in [-0.05, 0) is 48.2 Å². The zero-order chi connectivity index (χ0) is 26.8. The van der Waals surface area contributed by atoms with Crippen molar-refractivity contribution in [1.29, 1.82) is 0 Å². The van der Waals surface area contributed by atoms with Gasteiger partial charge in [0.05, 0.1) is 24.9 Å². The summed E-state index contributed by atoms with van der Waals surface area (Å²) in [6, 6.07) is 5.17. The first kappa shape index (κ1) is 28.2. The number of rotatable bonds is 13. The smallest absolute Gasteiger partial charge is 0.413 e. The van der Waals surface area contributed by atoms with E-state index >= 15 is 0 Å². The van der Waals surface area contributed by atoms with Crippen molar-refractivity contribution in [2.45, 2.75) is 37.6 Å². The lowest BCUT2D eigenvalue weighted by Gasteiger charge is -2.23. The third-order valence-corrected chi connectivity index (χ3v) is 6.94. The van der Waals surface area contributed by atoms with Gasteiger partial charge in [-0.1, -0.05) is 21.8 Å². The number of halogens is 2. The van der Waals surface area contributed by atoms with E-state index in [-0.39, 0.29) is 25.3 Å². The van der Waals surface area contributed by atoms with Gasteiger partial charge in [0, 0.05) is 34.4 Å². The number of aromatic nitrogens is 2. The number of aromatic amines is 1. The monoisotopic (exact) mass is 557 g/mol. The predicted octanol–water partition coefficient (Wildman–Crippen LogP) is 4.18. The molecule has 0 spiro atoms. The molecule has 0 amide bonds. The second-order valence-corrected chi connectivity index (χ2v) is 9.88. The number of H-pyrrole nitrogens is 1.